The third kappa shape index (κ3) is 10.1. The lowest BCUT2D eigenvalue weighted by Gasteiger charge is -2.24. The van der Waals surface area contributed by atoms with Crippen LogP contribution in [0, 0.1) is 0 Å². The van der Waals surface area contributed by atoms with Crippen molar-refractivity contribution in [1.82, 2.24) is 5.32 Å². The number of aliphatic hydroxyl groups excluding tert-OH is 1. The van der Waals surface area contributed by atoms with Gasteiger partial charge in [-0.3, -0.25) is 14.4 Å². The van der Waals surface area contributed by atoms with Crippen LogP contribution in [-0.4, -0.2) is 79.7 Å². The zero-order chi connectivity index (χ0) is 26.1. The number of aliphatic hydroxyl groups is 2. The molecule has 0 bridgehead atoms. The first kappa shape index (κ1) is 28.8. The van der Waals surface area contributed by atoms with E-state index >= 15 is 0 Å². The molecule has 7 N–H and O–H groups in total. The van der Waals surface area contributed by atoms with E-state index in [0.717, 1.165) is 17.0 Å². The molecule has 0 radical (unpaired) electrons. The molecule has 190 valence electrons. The second-order valence-corrected chi connectivity index (χ2v) is 8.90. The van der Waals surface area contributed by atoms with Gasteiger partial charge in [0, 0.05) is 29.8 Å². The van der Waals surface area contributed by atoms with Crippen LogP contribution in [0.1, 0.15) is 45.6 Å². The van der Waals surface area contributed by atoms with Crippen molar-refractivity contribution in [3.63, 3.8) is 0 Å². The van der Waals surface area contributed by atoms with Crippen molar-refractivity contribution < 1.29 is 49.4 Å². The first-order valence-electron chi connectivity index (χ1n) is 10.5. The molecular formula is C22H32N2O10. The molecule has 1 aliphatic rings. The molecule has 1 aromatic carbocycles. The number of nitrogens with one attached hydrogen (secondary N) is 2. The van der Waals surface area contributed by atoms with Crippen LogP contribution in [0.5, 0.6) is 5.75 Å². The Balaban J connectivity index is 0.000000385. The van der Waals surface area contributed by atoms with Crippen LogP contribution < -0.4 is 15.4 Å². The summed E-state index contributed by atoms with van der Waals surface area (Å²) in [5, 5.41) is 49.9. The van der Waals surface area contributed by atoms with Crippen LogP contribution in [0.2, 0.25) is 0 Å². The van der Waals surface area contributed by atoms with Gasteiger partial charge in [0.15, 0.2) is 5.60 Å². The number of rotatable bonds is 10. The molecule has 0 spiro atoms. The lowest BCUT2D eigenvalue weighted by atomic mass is 9.96. The van der Waals surface area contributed by atoms with Crippen molar-refractivity contribution >= 4 is 29.5 Å². The third-order valence-electron chi connectivity index (χ3n) is 4.59. The van der Waals surface area contributed by atoms with E-state index in [1.807, 2.05) is 18.2 Å². The number of anilines is 1. The smallest absolute Gasteiger partial charge is 0.336 e. The molecule has 1 heterocycles. The number of carbonyl (C=O) groups is 4. The molecule has 12 heteroatoms. The van der Waals surface area contributed by atoms with Crippen LogP contribution in [0.15, 0.2) is 18.2 Å². The quantitative estimate of drug-likeness (QED) is 0.243. The number of β-amino-alcohol motifs (C(OH)–C–C–N with tert-alkyl or cyclic N) is 1. The summed E-state index contributed by atoms with van der Waals surface area (Å²) in [5.74, 6) is -4.24. The van der Waals surface area contributed by atoms with Crippen molar-refractivity contribution in [1.29, 1.82) is 0 Å². The molecule has 2 rings (SSSR count). The molecule has 0 aliphatic carbocycles. The van der Waals surface area contributed by atoms with Gasteiger partial charge in [-0.2, -0.15) is 0 Å². The zero-order valence-electron chi connectivity index (χ0n) is 19.3. The molecule has 1 amide bonds. The molecule has 0 saturated heterocycles. The highest BCUT2D eigenvalue weighted by molar-refractivity contribution is 5.94. The summed E-state index contributed by atoms with van der Waals surface area (Å²) in [6, 6.07) is 5.59. The first-order valence-corrected chi connectivity index (χ1v) is 10.5. The van der Waals surface area contributed by atoms with E-state index in [2.05, 4.69) is 31.4 Å². The van der Waals surface area contributed by atoms with Crippen molar-refractivity contribution in [2.75, 3.05) is 18.5 Å². The van der Waals surface area contributed by atoms with E-state index in [-0.39, 0.29) is 18.1 Å². The molecule has 0 aromatic heterocycles. The molecule has 34 heavy (non-hydrogen) atoms. The van der Waals surface area contributed by atoms with Crippen molar-refractivity contribution in [2.45, 2.75) is 63.7 Å². The van der Waals surface area contributed by atoms with Gasteiger partial charge < -0.3 is 40.9 Å². The molecule has 1 aromatic rings. The Bertz CT molecular complexity index is 878. The van der Waals surface area contributed by atoms with Gasteiger partial charge in [-0.05, 0) is 39.3 Å². The van der Waals surface area contributed by atoms with E-state index < -0.39 is 42.5 Å². The highest BCUT2D eigenvalue weighted by Crippen LogP contribution is 2.31. The number of hydrogen-bond donors (Lipinski definition) is 7. The summed E-state index contributed by atoms with van der Waals surface area (Å²) < 4.78 is 5.73. The Hall–Kier alpha value is -3.22. The maximum absolute atomic E-state index is 11.4. The number of amides is 1. The number of carbonyl (C=O) groups excluding carboxylic acids is 1. The minimum Gasteiger partial charge on any atom is -0.490 e. The summed E-state index contributed by atoms with van der Waals surface area (Å²) in [6.45, 7) is 6.87. The van der Waals surface area contributed by atoms with Crippen molar-refractivity contribution in [3.8, 4) is 5.75 Å². The van der Waals surface area contributed by atoms with Crippen LogP contribution in [0.3, 0.4) is 0 Å². The fraction of sp³-hybridized carbons (Fsp3) is 0.545. The van der Waals surface area contributed by atoms with Gasteiger partial charge in [-0.1, -0.05) is 6.07 Å². The number of ether oxygens (including phenoxy) is 1. The van der Waals surface area contributed by atoms with Gasteiger partial charge in [-0.25, -0.2) is 4.79 Å². The number of benzene rings is 1. The highest BCUT2D eigenvalue weighted by atomic mass is 16.5. The maximum atomic E-state index is 11.4. The van der Waals surface area contributed by atoms with Crippen molar-refractivity contribution in [3.05, 3.63) is 23.8 Å². The number of carboxylic acids is 3. The lowest BCUT2D eigenvalue weighted by Crippen LogP contribution is -2.42. The minimum atomic E-state index is -2.74. The average Bonchev–Trinajstić information content (AvgIpc) is 2.69. The van der Waals surface area contributed by atoms with Crippen molar-refractivity contribution in [2.24, 2.45) is 0 Å². The van der Waals surface area contributed by atoms with E-state index in [9.17, 15) is 24.3 Å². The molecule has 1 unspecified atom stereocenters. The van der Waals surface area contributed by atoms with Gasteiger partial charge in [0.2, 0.25) is 5.91 Å². The summed E-state index contributed by atoms with van der Waals surface area (Å²) in [6.07, 6.45) is -1.71. The monoisotopic (exact) mass is 484 g/mol. The summed E-state index contributed by atoms with van der Waals surface area (Å²) in [4.78, 5) is 41.9. The molecule has 0 saturated carbocycles. The van der Waals surface area contributed by atoms with Gasteiger partial charge in [-0.15, -0.1) is 0 Å². The van der Waals surface area contributed by atoms with E-state index in [4.69, 9.17) is 25.2 Å². The Labute approximate surface area is 196 Å². The van der Waals surface area contributed by atoms with Crippen LogP contribution in [0.4, 0.5) is 5.69 Å². The fourth-order valence-electron chi connectivity index (χ4n) is 2.91. The lowest BCUT2D eigenvalue weighted by molar-refractivity contribution is -0.170. The Morgan fingerprint density at radius 3 is 2.18 bits per heavy atom. The molecule has 1 aliphatic heterocycles. The van der Waals surface area contributed by atoms with E-state index in [1.54, 1.807) is 0 Å². The third-order valence-corrected chi connectivity index (χ3v) is 4.59. The standard InChI is InChI=1S/C16H24N2O3.C6H8O7/c1-16(2,3)17-9-11(19)10-21-14-6-4-5-13-12(14)7-8-15(20)18-13;7-3(8)1-6(13,5(11)12)2-4(9)10/h4-6,11,17,19H,7-10H2,1-3H3,(H,18,20);13H,1-2H2,(H,7,8)(H,9,10)(H,11,12). The largest absolute Gasteiger partial charge is 0.490 e. The Morgan fingerprint density at radius 2 is 1.68 bits per heavy atom. The highest BCUT2D eigenvalue weighted by Gasteiger charge is 2.40. The Morgan fingerprint density at radius 1 is 1.09 bits per heavy atom. The second kappa shape index (κ2) is 12.3. The first-order chi connectivity index (χ1) is 15.6. The predicted octanol–water partition coefficient (Wildman–Crippen LogP) is 0.451. The number of hydrogen-bond acceptors (Lipinski definition) is 8. The van der Waals surface area contributed by atoms with Gasteiger partial charge in [0.05, 0.1) is 12.8 Å². The Kier molecular flexibility index (Phi) is 10.4. The topological polar surface area (TPSA) is 203 Å². The van der Waals surface area contributed by atoms with Gasteiger partial charge in [0.25, 0.3) is 0 Å². The molecule has 1 atom stereocenters. The van der Waals surface area contributed by atoms with E-state index in [1.165, 1.54) is 0 Å². The molecular weight excluding hydrogens is 452 g/mol. The number of aliphatic carboxylic acids is 3. The van der Waals surface area contributed by atoms with E-state index in [0.29, 0.717) is 19.4 Å². The zero-order valence-corrected chi connectivity index (χ0v) is 19.3. The summed E-state index contributed by atoms with van der Waals surface area (Å²) >= 11 is 0. The maximum Gasteiger partial charge on any atom is 0.336 e. The van der Waals surface area contributed by atoms with Gasteiger partial charge >= 0.3 is 17.9 Å². The normalized spacial score (nSPS) is 14.1. The fourth-order valence-corrected chi connectivity index (χ4v) is 2.91. The number of fused-ring (bicyclic) bond motifs is 1. The minimum absolute atomic E-state index is 0.0306. The van der Waals surface area contributed by atoms with Crippen LogP contribution in [-0.2, 0) is 25.6 Å². The molecule has 12 nitrogen and oxygen atoms in total. The summed E-state index contributed by atoms with van der Waals surface area (Å²) in [7, 11) is 0. The second-order valence-electron chi connectivity index (χ2n) is 8.90. The van der Waals surface area contributed by atoms with Crippen LogP contribution >= 0.6 is 0 Å². The summed E-state index contributed by atoms with van der Waals surface area (Å²) in [5.41, 5.74) is -0.950. The van der Waals surface area contributed by atoms with Gasteiger partial charge in [0.1, 0.15) is 18.5 Å². The average molecular weight is 485 g/mol. The number of carboxylic acid groups (broad SMARTS) is 3. The van der Waals surface area contributed by atoms with Crippen LogP contribution in [0.25, 0.3) is 0 Å². The predicted molar refractivity (Wildman–Crippen MR) is 120 cm³/mol. The molecule has 0 fully saturated rings. The SMILES string of the molecule is CC(C)(C)NCC(O)COc1cccc2c1CCC(=O)N2.O=C(O)CC(O)(CC(=O)O)C(=O)O.